The molecule has 0 saturated carbocycles. The van der Waals surface area contributed by atoms with Crippen molar-refractivity contribution < 1.29 is 27.9 Å². The van der Waals surface area contributed by atoms with Crippen molar-refractivity contribution in [3.63, 3.8) is 0 Å². The van der Waals surface area contributed by atoms with Gasteiger partial charge in [0.15, 0.2) is 5.65 Å². The molecule has 1 unspecified atom stereocenters. The maximum atomic E-state index is 13.4. The Hall–Kier alpha value is -4.45. The van der Waals surface area contributed by atoms with Gasteiger partial charge in [-0.05, 0) is 51.0 Å². The van der Waals surface area contributed by atoms with Gasteiger partial charge >= 0.3 is 12.1 Å². The van der Waals surface area contributed by atoms with Crippen LogP contribution in [0, 0.1) is 5.92 Å². The summed E-state index contributed by atoms with van der Waals surface area (Å²) in [4.78, 5) is 32.6. The molecule has 0 aliphatic rings. The van der Waals surface area contributed by atoms with Crippen LogP contribution in [0.15, 0.2) is 72.0 Å². The summed E-state index contributed by atoms with van der Waals surface area (Å²) in [6, 6.07) is 13.8. The molecule has 0 aliphatic heterocycles. The third-order valence-electron chi connectivity index (χ3n) is 6.02. The van der Waals surface area contributed by atoms with Crippen LogP contribution in [0.25, 0.3) is 22.2 Å². The summed E-state index contributed by atoms with van der Waals surface area (Å²) >= 11 is 0. The van der Waals surface area contributed by atoms with Gasteiger partial charge in [0.25, 0.3) is 10.0 Å². The number of nitrogen functional groups attached to an aromatic ring is 1. The number of benzene rings is 2. The van der Waals surface area contributed by atoms with Gasteiger partial charge in [-0.2, -0.15) is 0 Å². The Morgan fingerprint density at radius 1 is 1.05 bits per heavy atom. The topological polar surface area (TPSA) is 166 Å². The SMILES string of the molecule is C[C@@H](C(=O)O)C(NC(=O)OC(C)(C)C)c1ccc(-c2cn(S(=O)(=O)c3ccccc3)c3ncnc(N)c23)cc1. The van der Waals surface area contributed by atoms with E-state index in [2.05, 4.69) is 15.3 Å². The van der Waals surface area contributed by atoms with Gasteiger partial charge in [0, 0.05) is 11.8 Å². The lowest BCUT2D eigenvalue weighted by molar-refractivity contribution is -0.142. The van der Waals surface area contributed by atoms with E-state index < -0.39 is 39.6 Å². The molecule has 0 aliphatic carbocycles. The maximum absolute atomic E-state index is 13.4. The second-order valence-corrected chi connectivity index (χ2v) is 11.8. The van der Waals surface area contributed by atoms with Crippen LogP contribution in [-0.2, 0) is 19.6 Å². The number of hydrogen-bond acceptors (Lipinski definition) is 8. The fraction of sp³-hybridized carbons (Fsp3) is 0.259. The Kier molecular flexibility index (Phi) is 7.33. The molecule has 4 rings (SSSR count). The molecular weight excluding hydrogens is 522 g/mol. The molecule has 1 amide bonds. The second-order valence-electron chi connectivity index (χ2n) is 9.99. The number of alkyl carbamates (subject to hydrolysis) is 1. The van der Waals surface area contributed by atoms with Gasteiger partial charge in [0.1, 0.15) is 17.7 Å². The molecule has 2 atom stereocenters. The van der Waals surface area contributed by atoms with Gasteiger partial charge in [-0.25, -0.2) is 27.2 Å². The van der Waals surface area contributed by atoms with Crippen LogP contribution in [0.4, 0.5) is 10.6 Å². The first kappa shape index (κ1) is 27.6. The molecule has 2 aromatic heterocycles. The van der Waals surface area contributed by atoms with Crippen molar-refractivity contribution in [2.75, 3.05) is 5.73 Å². The number of nitrogens with one attached hydrogen (secondary N) is 1. The highest BCUT2D eigenvalue weighted by molar-refractivity contribution is 7.90. The molecule has 0 bridgehead atoms. The molecule has 4 aromatic rings. The lowest BCUT2D eigenvalue weighted by Crippen LogP contribution is -2.39. The molecule has 0 radical (unpaired) electrons. The monoisotopic (exact) mass is 551 g/mol. The minimum Gasteiger partial charge on any atom is -0.481 e. The van der Waals surface area contributed by atoms with Crippen LogP contribution in [0.2, 0.25) is 0 Å². The van der Waals surface area contributed by atoms with Gasteiger partial charge < -0.3 is 20.9 Å². The molecule has 39 heavy (non-hydrogen) atoms. The average molecular weight is 552 g/mol. The number of carbonyl (C=O) groups excluding carboxylic acids is 1. The standard InChI is InChI=1S/C27H29N5O6S/c1-16(25(33)34)22(31-26(35)38-27(2,3)4)18-12-10-17(11-13-18)20-14-32(24-21(20)23(28)29-15-30-24)39(36,37)19-8-6-5-7-9-19/h5-16,22H,1-4H3,(H,31,35)(H,33,34)(H2,28,29,30)/t16-,22?/m1/s1. The van der Waals surface area contributed by atoms with Crippen molar-refractivity contribution in [2.24, 2.45) is 5.92 Å². The molecule has 0 spiro atoms. The molecule has 204 valence electrons. The Balaban J connectivity index is 1.77. The normalized spacial score (nSPS) is 13.5. The lowest BCUT2D eigenvalue weighted by Gasteiger charge is -2.26. The zero-order valence-corrected chi connectivity index (χ0v) is 22.6. The summed E-state index contributed by atoms with van der Waals surface area (Å²) < 4.78 is 33.3. The number of carbonyl (C=O) groups is 2. The van der Waals surface area contributed by atoms with Crippen LogP contribution in [0.5, 0.6) is 0 Å². The van der Waals surface area contributed by atoms with Crippen molar-refractivity contribution in [3.05, 3.63) is 72.7 Å². The summed E-state index contributed by atoms with van der Waals surface area (Å²) in [5.41, 5.74) is 7.09. The first-order valence-electron chi connectivity index (χ1n) is 12.0. The van der Waals surface area contributed by atoms with Gasteiger partial charge in [-0.15, -0.1) is 0 Å². The van der Waals surface area contributed by atoms with E-state index in [9.17, 15) is 23.1 Å². The summed E-state index contributed by atoms with van der Waals surface area (Å²) in [7, 11) is -4.00. The second kappa shape index (κ2) is 10.4. The van der Waals surface area contributed by atoms with E-state index >= 15 is 0 Å². The smallest absolute Gasteiger partial charge is 0.408 e. The van der Waals surface area contributed by atoms with Gasteiger partial charge in [0.05, 0.1) is 22.2 Å². The number of carboxylic acids is 1. The molecule has 11 nitrogen and oxygen atoms in total. The number of anilines is 1. The molecule has 0 saturated heterocycles. The first-order valence-corrected chi connectivity index (χ1v) is 13.5. The van der Waals surface area contributed by atoms with Gasteiger partial charge in [-0.3, -0.25) is 4.79 Å². The van der Waals surface area contributed by atoms with Crippen LogP contribution >= 0.6 is 0 Å². The third-order valence-corrected chi connectivity index (χ3v) is 7.69. The van der Waals surface area contributed by atoms with E-state index in [0.717, 1.165) is 3.97 Å². The molecule has 2 heterocycles. The number of ether oxygens (including phenoxy) is 1. The van der Waals surface area contributed by atoms with E-state index in [0.29, 0.717) is 22.1 Å². The fourth-order valence-electron chi connectivity index (χ4n) is 4.11. The third kappa shape index (κ3) is 5.70. The summed E-state index contributed by atoms with van der Waals surface area (Å²) in [5, 5.41) is 12.6. The highest BCUT2D eigenvalue weighted by atomic mass is 32.2. The fourth-order valence-corrected chi connectivity index (χ4v) is 5.45. The van der Waals surface area contributed by atoms with Crippen molar-refractivity contribution in [1.82, 2.24) is 19.3 Å². The lowest BCUT2D eigenvalue weighted by atomic mass is 9.93. The number of hydrogen-bond donors (Lipinski definition) is 3. The Bertz CT molecular complexity index is 1630. The summed E-state index contributed by atoms with van der Waals surface area (Å²) in [6.45, 7) is 6.61. The molecule has 12 heteroatoms. The van der Waals surface area contributed by atoms with Crippen molar-refractivity contribution in [1.29, 1.82) is 0 Å². The predicted molar refractivity (Wildman–Crippen MR) is 145 cm³/mol. The number of nitrogens with zero attached hydrogens (tertiary/aromatic N) is 3. The van der Waals surface area contributed by atoms with Crippen molar-refractivity contribution in [2.45, 2.75) is 44.2 Å². The van der Waals surface area contributed by atoms with Gasteiger partial charge in [-0.1, -0.05) is 42.5 Å². The minimum atomic E-state index is -4.00. The zero-order valence-electron chi connectivity index (χ0n) is 21.8. The average Bonchev–Trinajstić information content (AvgIpc) is 3.28. The molecule has 4 N–H and O–H groups in total. The van der Waals surface area contributed by atoms with Crippen LogP contribution in [0.3, 0.4) is 0 Å². The number of carboxylic acid groups (broad SMARTS) is 1. The number of nitrogens with two attached hydrogens (primary N) is 1. The van der Waals surface area contributed by atoms with E-state index in [1.807, 2.05) is 0 Å². The summed E-state index contributed by atoms with van der Waals surface area (Å²) in [5.74, 6) is -1.96. The summed E-state index contributed by atoms with van der Waals surface area (Å²) in [6.07, 6.45) is 1.88. The molecule has 0 fully saturated rings. The van der Waals surface area contributed by atoms with E-state index in [1.165, 1.54) is 31.6 Å². The number of rotatable bonds is 7. The number of fused-ring (bicyclic) bond motifs is 1. The minimum absolute atomic E-state index is 0.0831. The van der Waals surface area contributed by atoms with E-state index in [-0.39, 0.29) is 16.4 Å². The van der Waals surface area contributed by atoms with Crippen molar-refractivity contribution in [3.8, 4) is 11.1 Å². The van der Waals surface area contributed by atoms with E-state index in [1.54, 1.807) is 63.2 Å². The van der Waals surface area contributed by atoms with Crippen LogP contribution in [0.1, 0.15) is 39.3 Å². The van der Waals surface area contributed by atoms with E-state index in [4.69, 9.17) is 10.5 Å². The molecular formula is C27H29N5O6S. The Morgan fingerprint density at radius 3 is 2.28 bits per heavy atom. The zero-order chi connectivity index (χ0) is 28.5. The van der Waals surface area contributed by atoms with Crippen LogP contribution < -0.4 is 11.1 Å². The van der Waals surface area contributed by atoms with Crippen molar-refractivity contribution >= 4 is 38.9 Å². The highest BCUT2D eigenvalue weighted by Crippen LogP contribution is 2.35. The van der Waals surface area contributed by atoms with Crippen LogP contribution in [-0.4, -0.2) is 45.1 Å². The van der Waals surface area contributed by atoms with Gasteiger partial charge in [0.2, 0.25) is 0 Å². The number of amides is 1. The highest BCUT2D eigenvalue weighted by Gasteiger charge is 2.29. The largest absolute Gasteiger partial charge is 0.481 e. The molecule has 2 aromatic carbocycles. The Labute approximate surface area is 225 Å². The number of aliphatic carboxylic acids is 1. The number of aromatic nitrogens is 3. The quantitative estimate of drug-likeness (QED) is 0.305. The predicted octanol–water partition coefficient (Wildman–Crippen LogP) is 4.20. The maximum Gasteiger partial charge on any atom is 0.408 e. The first-order chi connectivity index (χ1) is 18.3. The Morgan fingerprint density at radius 2 is 1.69 bits per heavy atom.